The number of aliphatic hydroxyl groups is 2. The van der Waals surface area contributed by atoms with E-state index in [2.05, 4.69) is 12.2 Å². The fourth-order valence-corrected chi connectivity index (χ4v) is 8.93. The van der Waals surface area contributed by atoms with Crippen molar-refractivity contribution in [3.05, 3.63) is 41.5 Å². The number of esters is 1. The van der Waals surface area contributed by atoms with Gasteiger partial charge in [-0.2, -0.15) is 0 Å². The Morgan fingerprint density at radius 3 is 2.51 bits per heavy atom. The molecule has 3 fully saturated rings. The third-order valence-corrected chi connectivity index (χ3v) is 11.3. The standard InChI is InChI=1S/C34H45NO8/c1-32-15-12-23(36)18-22(32)6-9-25-26-13-16-34(41,33(26,2)19-27(37)31(25)32)28(38)20-43-30(40)11-10-29(39)35-17-14-21-4-7-24(42-3)8-5-21/h4-5,7-8,18,25-27,31,37,41H,6,9-17,19-20H2,1-3H3,(H,35,39)/t25-,26-,27+,31+,32-,33-,34-/m0/s1. The molecule has 9 nitrogen and oxygen atoms in total. The maximum atomic E-state index is 13.4. The highest BCUT2D eigenvalue weighted by molar-refractivity contribution is 5.92. The molecule has 0 saturated heterocycles. The van der Waals surface area contributed by atoms with E-state index in [9.17, 15) is 29.4 Å². The summed E-state index contributed by atoms with van der Waals surface area (Å²) >= 11 is 0. The molecular weight excluding hydrogens is 550 g/mol. The van der Waals surface area contributed by atoms with Crippen LogP contribution in [0.15, 0.2) is 35.9 Å². The van der Waals surface area contributed by atoms with Crippen molar-refractivity contribution in [2.24, 2.45) is 28.6 Å². The highest BCUT2D eigenvalue weighted by Gasteiger charge is 2.68. The number of benzene rings is 1. The number of hydrogen-bond acceptors (Lipinski definition) is 8. The Kier molecular flexibility index (Phi) is 8.87. The van der Waals surface area contributed by atoms with Crippen molar-refractivity contribution >= 4 is 23.4 Å². The molecule has 43 heavy (non-hydrogen) atoms. The molecule has 4 aliphatic rings. The Morgan fingerprint density at radius 1 is 1.05 bits per heavy atom. The topological polar surface area (TPSA) is 139 Å². The number of amides is 1. The summed E-state index contributed by atoms with van der Waals surface area (Å²) in [4.78, 5) is 50.2. The summed E-state index contributed by atoms with van der Waals surface area (Å²) in [6.45, 7) is 3.93. The molecule has 1 aromatic carbocycles. The van der Waals surface area contributed by atoms with Gasteiger partial charge in [0, 0.05) is 24.8 Å². The van der Waals surface area contributed by atoms with E-state index in [0.717, 1.165) is 36.1 Å². The first-order valence-corrected chi connectivity index (χ1v) is 15.6. The van der Waals surface area contributed by atoms with Crippen LogP contribution in [-0.2, 0) is 30.3 Å². The molecule has 1 amide bonds. The molecule has 5 rings (SSSR count). The Hall–Kier alpha value is -3.04. The van der Waals surface area contributed by atoms with Crippen molar-refractivity contribution < 1.29 is 38.9 Å². The molecule has 234 valence electrons. The molecule has 0 aliphatic heterocycles. The van der Waals surface area contributed by atoms with Crippen LogP contribution in [-0.4, -0.2) is 65.6 Å². The van der Waals surface area contributed by atoms with Gasteiger partial charge in [-0.1, -0.05) is 31.6 Å². The second kappa shape index (κ2) is 12.2. The van der Waals surface area contributed by atoms with Gasteiger partial charge in [-0.3, -0.25) is 19.2 Å². The molecule has 3 N–H and O–H groups in total. The lowest BCUT2D eigenvalue weighted by Gasteiger charge is -2.60. The summed E-state index contributed by atoms with van der Waals surface area (Å²) < 4.78 is 10.4. The number of allylic oxidation sites excluding steroid dienone is 1. The first kappa shape index (κ1) is 31.4. The van der Waals surface area contributed by atoms with Crippen molar-refractivity contribution in [1.29, 1.82) is 0 Å². The normalized spacial score (nSPS) is 34.7. The van der Waals surface area contributed by atoms with Crippen molar-refractivity contribution in [3.63, 3.8) is 0 Å². The molecule has 7 atom stereocenters. The van der Waals surface area contributed by atoms with Crippen LogP contribution < -0.4 is 10.1 Å². The molecule has 0 spiro atoms. The molecule has 9 heteroatoms. The first-order chi connectivity index (χ1) is 20.4. The molecule has 0 aromatic heterocycles. The number of ether oxygens (including phenoxy) is 2. The highest BCUT2D eigenvalue weighted by Crippen LogP contribution is 2.67. The molecule has 0 unspecified atom stereocenters. The van der Waals surface area contributed by atoms with Gasteiger partial charge < -0.3 is 25.0 Å². The number of hydrogen-bond donors (Lipinski definition) is 3. The zero-order valence-corrected chi connectivity index (χ0v) is 25.5. The van der Waals surface area contributed by atoms with E-state index in [4.69, 9.17) is 9.47 Å². The lowest BCUT2D eigenvalue weighted by Crippen LogP contribution is -2.62. The molecular formula is C34H45NO8. The molecule has 3 saturated carbocycles. The van der Waals surface area contributed by atoms with Crippen LogP contribution in [0.25, 0.3) is 0 Å². The van der Waals surface area contributed by atoms with Crippen LogP contribution in [0.5, 0.6) is 5.75 Å². The third kappa shape index (κ3) is 5.78. The molecule has 0 bridgehead atoms. The molecule has 1 aromatic rings. The number of nitrogens with one attached hydrogen (secondary N) is 1. The van der Waals surface area contributed by atoms with Crippen LogP contribution >= 0.6 is 0 Å². The summed E-state index contributed by atoms with van der Waals surface area (Å²) in [6.07, 6.45) is 5.50. The molecule has 4 aliphatic carbocycles. The fourth-order valence-electron chi connectivity index (χ4n) is 8.93. The van der Waals surface area contributed by atoms with Gasteiger partial charge >= 0.3 is 5.97 Å². The van der Waals surface area contributed by atoms with E-state index < -0.39 is 35.5 Å². The van der Waals surface area contributed by atoms with Gasteiger partial charge in [0.2, 0.25) is 11.7 Å². The smallest absolute Gasteiger partial charge is 0.306 e. The van der Waals surface area contributed by atoms with Crippen molar-refractivity contribution in [3.8, 4) is 5.75 Å². The van der Waals surface area contributed by atoms with Crippen LogP contribution in [0.2, 0.25) is 0 Å². The zero-order valence-electron chi connectivity index (χ0n) is 25.5. The Morgan fingerprint density at radius 2 is 1.79 bits per heavy atom. The number of carbonyl (C=O) groups is 4. The lowest BCUT2D eigenvalue weighted by molar-refractivity contribution is -0.184. The fraction of sp³-hybridized carbons (Fsp3) is 0.647. The monoisotopic (exact) mass is 595 g/mol. The SMILES string of the molecule is COc1ccc(CCNC(=O)CCC(=O)OCC(=O)[C@@]2(O)CC[C@H]3[C@@H]4CCC5=CC(=O)CC[C@]5(C)[C@H]4[C@H](O)C[C@@]32C)cc1. The average Bonchev–Trinajstić information content (AvgIpc) is 3.25. The summed E-state index contributed by atoms with van der Waals surface area (Å²) in [5.41, 5.74) is -0.620. The zero-order chi connectivity index (χ0) is 31.0. The van der Waals surface area contributed by atoms with E-state index in [1.807, 2.05) is 31.2 Å². The number of methoxy groups -OCH3 is 1. The maximum absolute atomic E-state index is 13.4. The quantitative estimate of drug-likeness (QED) is 0.350. The van der Waals surface area contributed by atoms with Gasteiger partial charge in [-0.05, 0) is 91.9 Å². The summed E-state index contributed by atoms with van der Waals surface area (Å²) in [7, 11) is 1.60. The van der Waals surface area contributed by atoms with Crippen LogP contribution in [0.1, 0.15) is 77.2 Å². The van der Waals surface area contributed by atoms with Gasteiger partial charge in [-0.15, -0.1) is 0 Å². The van der Waals surface area contributed by atoms with Crippen LogP contribution in [0.4, 0.5) is 0 Å². The summed E-state index contributed by atoms with van der Waals surface area (Å²) in [6, 6.07) is 7.56. The lowest BCUT2D eigenvalue weighted by atomic mass is 9.45. The average molecular weight is 596 g/mol. The van der Waals surface area contributed by atoms with Gasteiger partial charge in [-0.25, -0.2) is 0 Å². The Bertz CT molecular complexity index is 1290. The number of rotatable bonds is 10. The third-order valence-electron chi connectivity index (χ3n) is 11.3. The van der Waals surface area contributed by atoms with Crippen molar-refractivity contribution in [1.82, 2.24) is 5.32 Å². The van der Waals surface area contributed by atoms with E-state index >= 15 is 0 Å². The minimum Gasteiger partial charge on any atom is -0.497 e. The second-order valence-corrected chi connectivity index (χ2v) is 13.5. The number of fused-ring (bicyclic) bond motifs is 5. The minimum atomic E-state index is -1.71. The van der Waals surface area contributed by atoms with E-state index in [1.54, 1.807) is 13.2 Å². The molecule has 0 heterocycles. The number of aliphatic hydroxyl groups excluding tert-OH is 1. The number of carbonyl (C=O) groups excluding carboxylic acids is 4. The van der Waals surface area contributed by atoms with Gasteiger partial charge in [0.05, 0.1) is 19.6 Å². The summed E-state index contributed by atoms with van der Waals surface area (Å²) in [5.74, 6) is -0.424. The van der Waals surface area contributed by atoms with E-state index in [0.29, 0.717) is 25.8 Å². The van der Waals surface area contributed by atoms with E-state index in [-0.39, 0.29) is 60.5 Å². The number of Topliss-reactive ketones (excluding diaryl/α,β-unsaturated/α-hetero) is 1. The van der Waals surface area contributed by atoms with Crippen molar-refractivity contribution in [2.45, 2.75) is 89.8 Å². The van der Waals surface area contributed by atoms with Crippen LogP contribution in [0.3, 0.4) is 0 Å². The van der Waals surface area contributed by atoms with E-state index in [1.165, 1.54) is 0 Å². The Balaban J connectivity index is 1.12. The number of ketones is 2. The van der Waals surface area contributed by atoms with Gasteiger partial charge in [0.15, 0.2) is 12.4 Å². The first-order valence-electron chi connectivity index (χ1n) is 15.6. The second-order valence-electron chi connectivity index (χ2n) is 13.5. The van der Waals surface area contributed by atoms with Gasteiger partial charge in [0.25, 0.3) is 0 Å². The largest absolute Gasteiger partial charge is 0.497 e. The predicted molar refractivity (Wildman–Crippen MR) is 158 cm³/mol. The maximum Gasteiger partial charge on any atom is 0.306 e. The van der Waals surface area contributed by atoms with Crippen molar-refractivity contribution in [2.75, 3.05) is 20.3 Å². The molecule has 0 radical (unpaired) electrons. The predicted octanol–water partition coefficient (Wildman–Crippen LogP) is 3.48. The van der Waals surface area contributed by atoms with Crippen LogP contribution in [0, 0.1) is 28.6 Å². The summed E-state index contributed by atoms with van der Waals surface area (Å²) in [5, 5.41) is 26.1. The van der Waals surface area contributed by atoms with Gasteiger partial charge in [0.1, 0.15) is 11.4 Å². The minimum absolute atomic E-state index is 0.0173. The highest BCUT2D eigenvalue weighted by atomic mass is 16.5. The Labute approximate surface area is 253 Å².